The van der Waals surface area contributed by atoms with Gasteiger partial charge in [-0.15, -0.1) is 11.8 Å². The van der Waals surface area contributed by atoms with E-state index in [-0.39, 0.29) is 23.6 Å². The number of nitrogens with one attached hydrogen (secondary N) is 2. The monoisotopic (exact) mass is 410 g/mol. The molecule has 8 heteroatoms. The highest BCUT2D eigenvalue weighted by molar-refractivity contribution is 8.00. The first-order valence-electron chi connectivity index (χ1n) is 8.22. The van der Waals surface area contributed by atoms with E-state index in [0.29, 0.717) is 32.8 Å². The Morgan fingerprint density at radius 2 is 1.70 bits per heavy atom. The molecule has 0 aliphatic heterocycles. The molecule has 2 N–H and O–H groups in total. The van der Waals surface area contributed by atoms with Gasteiger partial charge in [-0.3, -0.25) is 9.59 Å². The third kappa shape index (κ3) is 7.22. The molecule has 2 aromatic carbocycles. The van der Waals surface area contributed by atoms with Gasteiger partial charge in [-0.25, -0.2) is 0 Å². The number of hydrogen-bond acceptors (Lipinski definition) is 4. The normalized spacial score (nSPS) is 10.9. The van der Waals surface area contributed by atoms with Crippen LogP contribution < -0.4 is 10.6 Å². The fourth-order valence-corrected chi connectivity index (χ4v) is 3.57. The molecule has 0 spiro atoms. The summed E-state index contributed by atoms with van der Waals surface area (Å²) >= 11 is 1.74. The molecule has 0 heterocycles. The van der Waals surface area contributed by atoms with E-state index in [0.717, 1.165) is 0 Å². The highest BCUT2D eigenvalue weighted by atomic mass is 32.2. The fourth-order valence-electron chi connectivity index (χ4n) is 2.21. The first kappa shape index (κ1) is 21.2. The zero-order valence-electron chi connectivity index (χ0n) is 14.9. The molecular formula is C19H20F2N2O2S2. The molecule has 0 radical (unpaired) electrons. The van der Waals surface area contributed by atoms with Crippen LogP contribution in [0.1, 0.15) is 24.2 Å². The van der Waals surface area contributed by atoms with Crippen LogP contribution >= 0.6 is 23.5 Å². The minimum absolute atomic E-state index is 0.0582. The Balaban J connectivity index is 2.02. The maximum absolute atomic E-state index is 12.6. The molecular weight excluding hydrogens is 390 g/mol. The van der Waals surface area contributed by atoms with Crippen LogP contribution in [0.3, 0.4) is 0 Å². The van der Waals surface area contributed by atoms with Gasteiger partial charge < -0.3 is 10.6 Å². The molecule has 0 aromatic heterocycles. The van der Waals surface area contributed by atoms with Crippen molar-refractivity contribution in [1.82, 2.24) is 5.32 Å². The summed E-state index contributed by atoms with van der Waals surface area (Å²) in [5, 5.41) is 5.55. The van der Waals surface area contributed by atoms with Crippen LogP contribution in [0.2, 0.25) is 0 Å². The van der Waals surface area contributed by atoms with E-state index >= 15 is 0 Å². The highest BCUT2D eigenvalue weighted by Crippen LogP contribution is 2.27. The first-order chi connectivity index (χ1) is 12.8. The van der Waals surface area contributed by atoms with E-state index in [1.807, 2.05) is 13.8 Å². The SMILES string of the molecule is CC(C)NC(=O)CSc1ccccc1C(=O)Nc1ccc(SC(F)F)cc1. The molecule has 2 amide bonds. The minimum atomic E-state index is -2.48. The fraction of sp³-hybridized carbons (Fsp3) is 0.263. The van der Waals surface area contributed by atoms with Crippen molar-refractivity contribution in [3.05, 3.63) is 54.1 Å². The Bertz CT molecular complexity index is 784. The summed E-state index contributed by atoms with van der Waals surface area (Å²) in [5.74, 6) is -2.70. The smallest absolute Gasteiger partial charge is 0.288 e. The van der Waals surface area contributed by atoms with E-state index in [2.05, 4.69) is 10.6 Å². The van der Waals surface area contributed by atoms with Crippen molar-refractivity contribution in [2.24, 2.45) is 0 Å². The maximum Gasteiger partial charge on any atom is 0.288 e. The number of halogens is 2. The van der Waals surface area contributed by atoms with E-state index in [1.54, 1.807) is 36.4 Å². The number of anilines is 1. The van der Waals surface area contributed by atoms with Crippen molar-refractivity contribution in [3.8, 4) is 0 Å². The standard InChI is InChI=1S/C19H20F2N2O2S2/c1-12(2)22-17(24)11-26-16-6-4-3-5-15(16)18(25)23-13-7-9-14(10-8-13)27-19(20)21/h3-10,12,19H,11H2,1-2H3,(H,22,24)(H,23,25). The summed E-state index contributed by atoms with van der Waals surface area (Å²) in [6.45, 7) is 3.77. The van der Waals surface area contributed by atoms with Crippen molar-refractivity contribution >= 4 is 41.0 Å². The Labute approximate surface area is 165 Å². The summed E-state index contributed by atoms with van der Waals surface area (Å²) in [4.78, 5) is 25.5. The zero-order chi connectivity index (χ0) is 19.8. The van der Waals surface area contributed by atoms with Crippen molar-refractivity contribution in [2.75, 3.05) is 11.1 Å². The second-order valence-electron chi connectivity index (χ2n) is 5.86. The third-order valence-electron chi connectivity index (χ3n) is 3.28. The van der Waals surface area contributed by atoms with Gasteiger partial charge in [0.1, 0.15) is 0 Å². The molecule has 0 fully saturated rings. The molecule has 2 aromatic rings. The molecule has 27 heavy (non-hydrogen) atoms. The number of hydrogen-bond donors (Lipinski definition) is 2. The Hall–Kier alpha value is -2.06. The number of rotatable bonds is 8. The molecule has 0 aliphatic rings. The maximum atomic E-state index is 12.6. The minimum Gasteiger partial charge on any atom is -0.353 e. The van der Waals surface area contributed by atoms with Crippen molar-refractivity contribution in [2.45, 2.75) is 35.4 Å². The van der Waals surface area contributed by atoms with Gasteiger partial charge in [0.15, 0.2) is 0 Å². The lowest BCUT2D eigenvalue weighted by Gasteiger charge is -2.11. The predicted octanol–water partition coefficient (Wildman–Crippen LogP) is 4.87. The van der Waals surface area contributed by atoms with Crippen LogP contribution in [0.25, 0.3) is 0 Å². The summed E-state index contributed by atoms with van der Waals surface area (Å²) in [6, 6.07) is 13.3. The lowest BCUT2D eigenvalue weighted by atomic mass is 10.2. The van der Waals surface area contributed by atoms with Gasteiger partial charge in [0.2, 0.25) is 5.91 Å². The molecule has 4 nitrogen and oxygen atoms in total. The summed E-state index contributed by atoms with van der Waals surface area (Å²) < 4.78 is 24.7. The molecule has 0 atom stereocenters. The third-order valence-corrected chi connectivity index (χ3v) is 5.07. The van der Waals surface area contributed by atoms with Crippen LogP contribution in [0, 0.1) is 0 Å². The molecule has 0 saturated carbocycles. The molecule has 144 valence electrons. The zero-order valence-corrected chi connectivity index (χ0v) is 16.5. The average Bonchev–Trinajstić information content (AvgIpc) is 2.61. The Kier molecular flexibility index (Phi) is 8.12. The van der Waals surface area contributed by atoms with Crippen LogP contribution in [0.5, 0.6) is 0 Å². The van der Waals surface area contributed by atoms with Gasteiger partial charge in [0.05, 0.1) is 11.3 Å². The highest BCUT2D eigenvalue weighted by Gasteiger charge is 2.14. The second kappa shape index (κ2) is 10.3. The lowest BCUT2D eigenvalue weighted by Crippen LogP contribution is -2.31. The lowest BCUT2D eigenvalue weighted by molar-refractivity contribution is -0.119. The van der Waals surface area contributed by atoms with Crippen LogP contribution in [0.4, 0.5) is 14.5 Å². The number of thioether (sulfide) groups is 2. The van der Waals surface area contributed by atoms with Crippen LogP contribution in [-0.2, 0) is 4.79 Å². The topological polar surface area (TPSA) is 58.2 Å². The molecule has 2 rings (SSSR count). The number of carbonyl (C=O) groups excluding carboxylic acids is 2. The largest absolute Gasteiger partial charge is 0.353 e. The molecule has 0 unspecified atom stereocenters. The van der Waals surface area contributed by atoms with Gasteiger partial charge in [0, 0.05) is 21.5 Å². The number of carbonyl (C=O) groups is 2. The first-order valence-corrected chi connectivity index (χ1v) is 10.1. The van der Waals surface area contributed by atoms with Gasteiger partial charge in [-0.05, 0) is 50.2 Å². The quantitative estimate of drug-likeness (QED) is 0.610. The number of benzene rings is 2. The van der Waals surface area contributed by atoms with Crippen LogP contribution in [-0.4, -0.2) is 29.4 Å². The van der Waals surface area contributed by atoms with Gasteiger partial charge in [-0.2, -0.15) is 8.78 Å². The summed E-state index contributed by atoms with van der Waals surface area (Å²) in [7, 11) is 0. The van der Waals surface area contributed by atoms with E-state index in [4.69, 9.17) is 0 Å². The second-order valence-corrected chi connectivity index (χ2v) is 7.94. The summed E-state index contributed by atoms with van der Waals surface area (Å²) in [5.41, 5.74) is 0.960. The van der Waals surface area contributed by atoms with Gasteiger partial charge >= 0.3 is 0 Å². The van der Waals surface area contributed by atoms with Gasteiger partial charge in [-0.1, -0.05) is 23.9 Å². The van der Waals surface area contributed by atoms with Crippen molar-refractivity contribution in [1.29, 1.82) is 0 Å². The molecule has 0 saturated heterocycles. The van der Waals surface area contributed by atoms with E-state index in [1.165, 1.54) is 23.9 Å². The van der Waals surface area contributed by atoms with Crippen LogP contribution in [0.15, 0.2) is 58.3 Å². The number of alkyl halides is 2. The Morgan fingerprint density at radius 1 is 1.04 bits per heavy atom. The Morgan fingerprint density at radius 3 is 2.33 bits per heavy atom. The van der Waals surface area contributed by atoms with E-state index in [9.17, 15) is 18.4 Å². The molecule has 0 aliphatic carbocycles. The average molecular weight is 411 g/mol. The molecule has 0 bridgehead atoms. The van der Waals surface area contributed by atoms with Gasteiger partial charge in [0.25, 0.3) is 11.7 Å². The number of amides is 2. The summed E-state index contributed by atoms with van der Waals surface area (Å²) in [6.07, 6.45) is 0. The van der Waals surface area contributed by atoms with Crippen molar-refractivity contribution < 1.29 is 18.4 Å². The van der Waals surface area contributed by atoms with E-state index < -0.39 is 5.76 Å². The van der Waals surface area contributed by atoms with Crippen molar-refractivity contribution in [3.63, 3.8) is 0 Å². The predicted molar refractivity (Wildman–Crippen MR) is 107 cm³/mol.